The smallest absolute Gasteiger partial charge is 0.00838 e. The molecule has 1 fully saturated rings. The highest BCUT2D eigenvalue weighted by molar-refractivity contribution is 5.30. The Hall–Kier alpha value is -1.26. The summed E-state index contributed by atoms with van der Waals surface area (Å²) >= 11 is 0. The van der Waals surface area contributed by atoms with Gasteiger partial charge in [0.25, 0.3) is 0 Å². The van der Waals surface area contributed by atoms with Crippen LogP contribution in [-0.4, -0.2) is 0 Å². The molecule has 0 saturated heterocycles. The minimum atomic E-state index is 0.921. The van der Waals surface area contributed by atoms with Gasteiger partial charge in [0.15, 0.2) is 0 Å². The van der Waals surface area contributed by atoms with E-state index in [9.17, 15) is 0 Å². The number of benzene rings is 1. The Morgan fingerprint density at radius 1 is 0.963 bits per heavy atom. The predicted octanol–water partition coefficient (Wildman–Crippen LogP) is 9.14. The van der Waals surface area contributed by atoms with Gasteiger partial charge >= 0.3 is 0 Å². The molecule has 0 bridgehead atoms. The molecule has 0 aromatic heterocycles. The molecular weight excluding hydrogens is 324 g/mol. The summed E-state index contributed by atoms with van der Waals surface area (Å²) in [6.07, 6.45) is 12.2. The molecule has 0 aliphatic heterocycles. The first-order chi connectivity index (χ1) is 13.1. The van der Waals surface area contributed by atoms with Crippen LogP contribution in [0.2, 0.25) is 0 Å². The van der Waals surface area contributed by atoms with E-state index in [0.29, 0.717) is 0 Å². The summed E-state index contributed by atoms with van der Waals surface area (Å²) in [5.41, 5.74) is 10.9. The van der Waals surface area contributed by atoms with Crippen LogP contribution < -0.4 is 0 Å². The number of rotatable bonds is 5. The first-order valence-electron chi connectivity index (χ1n) is 11.6. The van der Waals surface area contributed by atoms with Crippen molar-refractivity contribution < 1.29 is 0 Å². The maximum Gasteiger partial charge on any atom is -0.00838 e. The number of unbranched alkanes of at least 4 members (excludes halogenated alkanes) is 3. The summed E-state index contributed by atoms with van der Waals surface area (Å²) < 4.78 is 0. The van der Waals surface area contributed by atoms with E-state index >= 15 is 0 Å². The van der Waals surface area contributed by atoms with Gasteiger partial charge in [-0.3, -0.25) is 0 Å². The van der Waals surface area contributed by atoms with Gasteiger partial charge in [-0.15, -0.1) is 5.73 Å². The Labute approximate surface area is 171 Å². The summed E-state index contributed by atoms with van der Waals surface area (Å²) in [4.78, 5) is 0. The molecule has 154 valence electrons. The lowest BCUT2D eigenvalue weighted by Crippen LogP contribution is -1.90. The number of hydrogen-bond donors (Lipinski definition) is 0. The average molecular weight is 371 g/mol. The highest BCUT2D eigenvalue weighted by Crippen LogP contribution is 2.38. The molecule has 2 aliphatic carbocycles. The molecule has 2 aliphatic rings. The molecule has 1 saturated carbocycles. The average Bonchev–Trinajstić information content (AvgIpc) is 3.25. The summed E-state index contributed by atoms with van der Waals surface area (Å²) in [5.74, 6) is 0.921. The maximum atomic E-state index is 3.45. The van der Waals surface area contributed by atoms with E-state index < -0.39 is 0 Å². The van der Waals surface area contributed by atoms with Gasteiger partial charge in [-0.1, -0.05) is 77.6 Å². The van der Waals surface area contributed by atoms with E-state index in [4.69, 9.17) is 0 Å². The van der Waals surface area contributed by atoms with Crippen molar-refractivity contribution in [3.05, 3.63) is 51.8 Å². The van der Waals surface area contributed by atoms with Crippen LogP contribution in [0.25, 0.3) is 0 Å². The lowest BCUT2D eigenvalue weighted by Gasteiger charge is -2.06. The molecule has 1 aromatic carbocycles. The van der Waals surface area contributed by atoms with Crippen molar-refractivity contribution in [1.82, 2.24) is 0 Å². The van der Waals surface area contributed by atoms with Gasteiger partial charge in [0.05, 0.1) is 0 Å². The first kappa shape index (κ1) is 25.7. The van der Waals surface area contributed by atoms with Gasteiger partial charge in [-0.2, -0.15) is 0 Å². The van der Waals surface area contributed by atoms with Crippen LogP contribution in [-0.2, 0) is 6.42 Å². The topological polar surface area (TPSA) is 0 Å². The van der Waals surface area contributed by atoms with Crippen molar-refractivity contribution in [2.45, 2.75) is 113 Å². The fraction of sp³-hybridized carbons (Fsp3) is 0.667. The van der Waals surface area contributed by atoms with E-state index in [-0.39, 0.29) is 0 Å². The van der Waals surface area contributed by atoms with Crippen molar-refractivity contribution in [3.8, 4) is 0 Å². The molecule has 0 N–H and O–H groups in total. The van der Waals surface area contributed by atoms with Crippen LogP contribution in [0.1, 0.15) is 110 Å². The quantitative estimate of drug-likeness (QED) is 0.358. The zero-order chi connectivity index (χ0) is 20.7. The monoisotopic (exact) mass is 370 g/mol. The lowest BCUT2D eigenvalue weighted by atomic mass is 10.00. The number of allylic oxidation sites excluding steroid dienone is 1. The Bertz CT molecular complexity index is 570. The fourth-order valence-electron chi connectivity index (χ4n) is 3.87. The first-order valence-corrected chi connectivity index (χ1v) is 11.6. The number of fused-ring (bicyclic) bond motifs is 1. The molecule has 1 aromatic rings. The van der Waals surface area contributed by atoms with Crippen LogP contribution in [0.4, 0.5) is 0 Å². The van der Waals surface area contributed by atoms with Crippen LogP contribution in [0, 0.1) is 19.8 Å². The number of hydrogen-bond acceptors (Lipinski definition) is 0. The van der Waals surface area contributed by atoms with E-state index in [1.807, 2.05) is 27.7 Å². The Kier molecular flexibility index (Phi) is 15.0. The SMILES string of the molecule is CC.CC.CC1=C=C2CCCC2C1.CCCCCCc1ccc(C)cc1C. The molecule has 0 heterocycles. The van der Waals surface area contributed by atoms with Gasteiger partial charge in [0.2, 0.25) is 0 Å². The van der Waals surface area contributed by atoms with Crippen LogP contribution in [0.3, 0.4) is 0 Å². The highest BCUT2D eigenvalue weighted by atomic mass is 14.3. The molecule has 0 heteroatoms. The van der Waals surface area contributed by atoms with Gasteiger partial charge in [0.1, 0.15) is 0 Å². The number of aryl methyl sites for hydroxylation is 3. The third kappa shape index (κ3) is 10.0. The Balaban J connectivity index is 0.000000445. The largest absolute Gasteiger partial charge is 0.123 e. The third-order valence-electron chi connectivity index (χ3n) is 5.22. The molecule has 27 heavy (non-hydrogen) atoms. The second-order valence-electron chi connectivity index (χ2n) is 7.46. The van der Waals surface area contributed by atoms with Crippen molar-refractivity contribution in [2.75, 3.05) is 0 Å². The summed E-state index contributed by atoms with van der Waals surface area (Å²) in [7, 11) is 0. The fourth-order valence-corrected chi connectivity index (χ4v) is 3.87. The maximum absolute atomic E-state index is 3.45. The Morgan fingerprint density at radius 2 is 1.67 bits per heavy atom. The Morgan fingerprint density at radius 3 is 2.26 bits per heavy atom. The summed E-state index contributed by atoms with van der Waals surface area (Å²) in [5, 5.41) is 0. The third-order valence-corrected chi connectivity index (χ3v) is 5.22. The van der Waals surface area contributed by atoms with E-state index in [1.165, 1.54) is 80.1 Å². The molecule has 0 amide bonds. The van der Waals surface area contributed by atoms with Crippen LogP contribution in [0.5, 0.6) is 0 Å². The highest BCUT2D eigenvalue weighted by Gasteiger charge is 2.24. The predicted molar refractivity (Wildman–Crippen MR) is 125 cm³/mol. The minimum absolute atomic E-state index is 0.921. The lowest BCUT2D eigenvalue weighted by molar-refractivity contribution is 0.637. The van der Waals surface area contributed by atoms with Crippen molar-refractivity contribution in [3.63, 3.8) is 0 Å². The molecule has 0 spiro atoms. The van der Waals surface area contributed by atoms with Gasteiger partial charge < -0.3 is 0 Å². The normalized spacial score (nSPS) is 16.5. The van der Waals surface area contributed by atoms with E-state index in [0.717, 1.165) is 5.92 Å². The van der Waals surface area contributed by atoms with Gasteiger partial charge in [-0.25, -0.2) is 0 Å². The zero-order valence-electron chi connectivity index (χ0n) is 19.7. The van der Waals surface area contributed by atoms with E-state index in [1.54, 1.807) is 5.57 Å². The minimum Gasteiger partial charge on any atom is -0.123 e. The van der Waals surface area contributed by atoms with Crippen LogP contribution >= 0.6 is 0 Å². The summed E-state index contributed by atoms with van der Waals surface area (Å²) in [6.45, 7) is 16.8. The molecule has 1 unspecified atom stereocenters. The second-order valence-corrected chi connectivity index (χ2v) is 7.46. The molecule has 1 atom stereocenters. The molecule has 3 rings (SSSR count). The van der Waals surface area contributed by atoms with Gasteiger partial charge in [-0.05, 0) is 87.5 Å². The zero-order valence-corrected chi connectivity index (χ0v) is 19.7. The second kappa shape index (κ2) is 15.8. The van der Waals surface area contributed by atoms with E-state index in [2.05, 4.69) is 51.6 Å². The van der Waals surface area contributed by atoms with Crippen molar-refractivity contribution in [1.29, 1.82) is 0 Å². The summed E-state index contributed by atoms with van der Waals surface area (Å²) in [6, 6.07) is 6.80. The molecule has 0 nitrogen and oxygen atoms in total. The molecule has 0 radical (unpaired) electrons. The van der Waals surface area contributed by atoms with Crippen molar-refractivity contribution in [2.24, 2.45) is 5.92 Å². The van der Waals surface area contributed by atoms with Gasteiger partial charge in [0, 0.05) is 0 Å². The standard InChI is InChI=1S/C14H22.C9H12.2C2H6/c1-4-5-6-7-8-14-10-9-12(2)11-13(14)3;1-7-5-8-3-2-4-9(8)6-7;2*1-2/h9-11H,4-8H2,1-3H3;8H,2-5H2,1H3;2*1-2H3. The van der Waals surface area contributed by atoms with Crippen molar-refractivity contribution >= 4 is 0 Å². The van der Waals surface area contributed by atoms with Crippen LogP contribution in [0.15, 0.2) is 35.1 Å². The molecular formula is C27H46.